The number of halogens is 1. The highest BCUT2D eigenvalue weighted by molar-refractivity contribution is 6.29. The molecule has 0 radical (unpaired) electrons. The number of carbonyl (C=O) groups excluding carboxylic acids is 2. The SMILES string of the molecule is O=C(O)C(=O)Oc1cccc2c1C(C(=O)N[C@H]1CCN(CCc3ccc(F)cc3)C1)c1ccccc1-2. The largest absolute Gasteiger partial charge is 0.473 e. The molecule has 0 aromatic heterocycles. The van der Waals surface area contributed by atoms with Gasteiger partial charge in [0.15, 0.2) is 0 Å². The van der Waals surface area contributed by atoms with Gasteiger partial charge in [0, 0.05) is 31.2 Å². The number of esters is 1. The number of nitrogens with zero attached hydrogens (tertiary/aromatic N) is 1. The molecule has 5 rings (SSSR count). The zero-order valence-corrected chi connectivity index (χ0v) is 19.4. The van der Waals surface area contributed by atoms with Gasteiger partial charge >= 0.3 is 11.9 Å². The zero-order valence-electron chi connectivity index (χ0n) is 19.4. The van der Waals surface area contributed by atoms with Crippen LogP contribution in [-0.4, -0.2) is 53.5 Å². The second-order valence-electron chi connectivity index (χ2n) is 9.10. The van der Waals surface area contributed by atoms with Crippen molar-refractivity contribution in [3.05, 3.63) is 89.2 Å². The van der Waals surface area contributed by atoms with Crippen LogP contribution in [0.15, 0.2) is 66.7 Å². The highest BCUT2D eigenvalue weighted by atomic mass is 19.1. The summed E-state index contributed by atoms with van der Waals surface area (Å²) in [6, 6.07) is 19.0. The molecule has 0 spiro atoms. The van der Waals surface area contributed by atoms with Crippen LogP contribution in [0.5, 0.6) is 5.75 Å². The van der Waals surface area contributed by atoms with Crippen LogP contribution in [0, 0.1) is 5.82 Å². The molecule has 0 bridgehead atoms. The Kier molecular flexibility index (Phi) is 6.52. The van der Waals surface area contributed by atoms with Gasteiger partial charge in [-0.2, -0.15) is 0 Å². The van der Waals surface area contributed by atoms with Crippen LogP contribution in [0.25, 0.3) is 11.1 Å². The van der Waals surface area contributed by atoms with Crippen LogP contribution >= 0.6 is 0 Å². The lowest BCUT2D eigenvalue weighted by molar-refractivity contribution is -0.158. The Labute approximate surface area is 207 Å². The number of carboxylic acid groups (broad SMARTS) is 1. The van der Waals surface area contributed by atoms with Crippen molar-refractivity contribution in [3.63, 3.8) is 0 Å². The first-order chi connectivity index (χ1) is 17.4. The van der Waals surface area contributed by atoms with Crippen LogP contribution in [0.1, 0.15) is 29.0 Å². The normalized spacial score (nSPS) is 18.4. The summed E-state index contributed by atoms with van der Waals surface area (Å²) in [5, 5.41) is 12.2. The van der Waals surface area contributed by atoms with E-state index in [0.29, 0.717) is 12.1 Å². The third-order valence-corrected chi connectivity index (χ3v) is 6.80. The Balaban J connectivity index is 1.31. The van der Waals surface area contributed by atoms with Crippen LogP contribution in [-0.2, 0) is 20.8 Å². The molecule has 2 N–H and O–H groups in total. The number of ether oxygens (including phenoxy) is 1. The van der Waals surface area contributed by atoms with E-state index in [-0.39, 0.29) is 23.5 Å². The molecule has 36 heavy (non-hydrogen) atoms. The van der Waals surface area contributed by atoms with Gasteiger partial charge in [0.25, 0.3) is 0 Å². The number of hydrogen-bond donors (Lipinski definition) is 2. The van der Waals surface area contributed by atoms with Crippen molar-refractivity contribution in [3.8, 4) is 16.9 Å². The lowest BCUT2D eigenvalue weighted by atomic mass is 9.94. The molecule has 184 valence electrons. The summed E-state index contributed by atoms with van der Waals surface area (Å²) in [4.78, 5) is 38.8. The van der Waals surface area contributed by atoms with Gasteiger partial charge in [0.2, 0.25) is 5.91 Å². The summed E-state index contributed by atoms with van der Waals surface area (Å²) >= 11 is 0. The van der Waals surface area contributed by atoms with Crippen molar-refractivity contribution in [1.82, 2.24) is 10.2 Å². The highest BCUT2D eigenvalue weighted by Gasteiger charge is 2.38. The van der Waals surface area contributed by atoms with E-state index in [0.717, 1.165) is 48.2 Å². The smallest absolute Gasteiger partial charge is 0.422 e. The van der Waals surface area contributed by atoms with Gasteiger partial charge in [0.1, 0.15) is 11.6 Å². The number of benzene rings is 3. The number of rotatable bonds is 6. The summed E-state index contributed by atoms with van der Waals surface area (Å²) in [6.07, 6.45) is 1.59. The fraction of sp³-hybridized carbons (Fsp3) is 0.250. The van der Waals surface area contributed by atoms with Gasteiger partial charge in [-0.25, -0.2) is 14.0 Å². The number of nitrogens with one attached hydrogen (secondary N) is 1. The molecule has 1 amide bonds. The number of amides is 1. The lowest BCUT2D eigenvalue weighted by Crippen LogP contribution is -2.40. The molecule has 3 aromatic rings. The third kappa shape index (κ3) is 4.72. The van der Waals surface area contributed by atoms with Crippen molar-refractivity contribution in [1.29, 1.82) is 0 Å². The molecule has 1 heterocycles. The molecule has 8 heteroatoms. The monoisotopic (exact) mass is 488 g/mol. The molecule has 2 aliphatic rings. The maximum absolute atomic E-state index is 13.6. The second kappa shape index (κ2) is 9.91. The van der Waals surface area contributed by atoms with E-state index in [1.54, 1.807) is 18.2 Å². The van der Waals surface area contributed by atoms with Gasteiger partial charge in [0.05, 0.1) is 5.92 Å². The van der Waals surface area contributed by atoms with Gasteiger partial charge < -0.3 is 20.1 Å². The van der Waals surface area contributed by atoms with E-state index < -0.39 is 17.9 Å². The third-order valence-electron chi connectivity index (χ3n) is 6.80. The van der Waals surface area contributed by atoms with E-state index in [2.05, 4.69) is 10.2 Å². The first-order valence-corrected chi connectivity index (χ1v) is 11.8. The van der Waals surface area contributed by atoms with Crippen LogP contribution in [0.4, 0.5) is 4.39 Å². The molecule has 7 nitrogen and oxygen atoms in total. The molecule has 3 aromatic carbocycles. The van der Waals surface area contributed by atoms with Crippen molar-refractivity contribution in [2.45, 2.75) is 24.8 Å². The summed E-state index contributed by atoms with van der Waals surface area (Å²) < 4.78 is 18.3. The first-order valence-electron chi connectivity index (χ1n) is 11.8. The average Bonchev–Trinajstić information content (AvgIpc) is 3.46. The predicted octanol–water partition coefficient (Wildman–Crippen LogP) is 3.36. The lowest BCUT2D eigenvalue weighted by Gasteiger charge is -2.20. The maximum atomic E-state index is 13.6. The molecule has 0 saturated carbocycles. The molecule has 1 aliphatic carbocycles. The minimum Gasteiger partial charge on any atom is -0.473 e. The quantitative estimate of drug-likeness (QED) is 0.314. The second-order valence-corrected chi connectivity index (χ2v) is 9.10. The number of likely N-dealkylation sites (tertiary alicyclic amines) is 1. The van der Waals surface area contributed by atoms with Crippen LogP contribution in [0.2, 0.25) is 0 Å². The van der Waals surface area contributed by atoms with Crippen molar-refractivity contribution in [2.24, 2.45) is 0 Å². The van der Waals surface area contributed by atoms with Gasteiger partial charge in [-0.05, 0) is 53.3 Å². The number of carboxylic acids is 1. The summed E-state index contributed by atoms with van der Waals surface area (Å²) in [7, 11) is 0. The predicted molar refractivity (Wildman–Crippen MR) is 130 cm³/mol. The molecular formula is C28H25FN2O5. The summed E-state index contributed by atoms with van der Waals surface area (Å²) in [5.74, 6) is -4.21. The van der Waals surface area contributed by atoms with E-state index in [9.17, 15) is 18.8 Å². The number of aliphatic carboxylic acids is 1. The summed E-state index contributed by atoms with van der Waals surface area (Å²) in [6.45, 7) is 2.34. The van der Waals surface area contributed by atoms with Crippen molar-refractivity contribution < 1.29 is 28.6 Å². The Bertz CT molecular complexity index is 1320. The minimum atomic E-state index is -1.70. The van der Waals surface area contributed by atoms with Gasteiger partial charge in [-0.1, -0.05) is 48.5 Å². The maximum Gasteiger partial charge on any atom is 0.422 e. The van der Waals surface area contributed by atoms with E-state index in [1.165, 1.54) is 18.2 Å². The molecule has 1 saturated heterocycles. The topological polar surface area (TPSA) is 95.9 Å². The van der Waals surface area contributed by atoms with E-state index in [1.807, 2.05) is 30.3 Å². The highest BCUT2D eigenvalue weighted by Crippen LogP contribution is 2.48. The fourth-order valence-electron chi connectivity index (χ4n) is 5.11. The van der Waals surface area contributed by atoms with E-state index >= 15 is 0 Å². The number of carbonyl (C=O) groups is 3. The van der Waals surface area contributed by atoms with Crippen molar-refractivity contribution in [2.75, 3.05) is 19.6 Å². The Morgan fingerprint density at radius 2 is 1.75 bits per heavy atom. The zero-order chi connectivity index (χ0) is 25.2. The fourth-order valence-corrected chi connectivity index (χ4v) is 5.11. The summed E-state index contributed by atoms with van der Waals surface area (Å²) in [5.41, 5.74) is 3.94. The standard InChI is InChI=1S/C28H25FN2O5/c29-18-10-8-17(9-11-18)12-14-31-15-13-19(16-31)30-26(32)25-22-5-2-1-4-20(22)21-6-3-7-23(24(21)25)36-28(35)27(33)34/h1-11,19,25H,12-16H2,(H,30,32)(H,33,34)/t19-,25?/m0/s1. The molecule has 2 atom stereocenters. The van der Waals surface area contributed by atoms with Crippen LogP contribution in [0.3, 0.4) is 0 Å². The average molecular weight is 489 g/mol. The minimum absolute atomic E-state index is 0.0457. The van der Waals surface area contributed by atoms with Gasteiger partial charge in [-0.15, -0.1) is 0 Å². The Morgan fingerprint density at radius 3 is 2.53 bits per heavy atom. The first kappa shape index (κ1) is 23.7. The molecule has 1 aliphatic heterocycles. The van der Waals surface area contributed by atoms with Crippen molar-refractivity contribution >= 4 is 17.8 Å². The van der Waals surface area contributed by atoms with Gasteiger partial charge in [-0.3, -0.25) is 4.79 Å². The van der Waals surface area contributed by atoms with E-state index in [4.69, 9.17) is 9.84 Å². The Hall–Kier alpha value is -4.04. The Morgan fingerprint density at radius 1 is 1.00 bits per heavy atom. The van der Waals surface area contributed by atoms with Crippen LogP contribution < -0.4 is 10.1 Å². The molecule has 1 unspecified atom stereocenters. The number of fused-ring (bicyclic) bond motifs is 3. The number of hydrogen-bond acceptors (Lipinski definition) is 5. The molecular weight excluding hydrogens is 463 g/mol. The molecule has 1 fully saturated rings.